The Bertz CT molecular complexity index is 773. The minimum atomic E-state index is 1.03. The highest BCUT2D eigenvalue weighted by Gasteiger charge is 2.19. The molecular formula is C18H15N. The van der Waals surface area contributed by atoms with Crippen molar-refractivity contribution in [3.8, 4) is 0 Å². The fourth-order valence-electron chi connectivity index (χ4n) is 3.05. The second kappa shape index (κ2) is 3.86. The molecule has 0 aromatic heterocycles. The maximum Gasteiger partial charge on any atom is 0.0450 e. The van der Waals surface area contributed by atoms with E-state index in [-0.39, 0.29) is 0 Å². The summed E-state index contributed by atoms with van der Waals surface area (Å²) in [6.45, 7) is 0. The Morgan fingerprint density at radius 2 is 1.42 bits per heavy atom. The molecule has 0 saturated carbocycles. The fraction of sp³-hybridized carbons (Fsp3) is 0.111. The van der Waals surface area contributed by atoms with Crippen LogP contribution in [0.4, 0.5) is 11.4 Å². The Morgan fingerprint density at radius 3 is 2.26 bits per heavy atom. The van der Waals surface area contributed by atoms with Crippen LogP contribution in [0.2, 0.25) is 0 Å². The quantitative estimate of drug-likeness (QED) is 0.563. The largest absolute Gasteiger partial charge is 0.344 e. The number of fused-ring (bicyclic) bond motifs is 3. The van der Waals surface area contributed by atoms with Crippen LogP contribution in [0, 0.1) is 0 Å². The van der Waals surface area contributed by atoms with Gasteiger partial charge in [-0.3, -0.25) is 0 Å². The van der Waals surface area contributed by atoms with E-state index in [2.05, 4.69) is 72.6 Å². The first-order valence-electron chi connectivity index (χ1n) is 6.66. The summed E-state index contributed by atoms with van der Waals surface area (Å²) in [6.07, 6.45) is 1.03. The molecule has 0 amide bonds. The summed E-state index contributed by atoms with van der Waals surface area (Å²) in [4.78, 5) is 2.31. The van der Waals surface area contributed by atoms with E-state index in [9.17, 15) is 0 Å². The molecular weight excluding hydrogens is 230 g/mol. The van der Waals surface area contributed by atoms with Crippen LogP contribution in [0.25, 0.3) is 10.8 Å². The second-order valence-electron chi connectivity index (χ2n) is 5.19. The van der Waals surface area contributed by atoms with Crippen LogP contribution >= 0.6 is 0 Å². The molecule has 3 aromatic carbocycles. The van der Waals surface area contributed by atoms with Gasteiger partial charge in [-0.25, -0.2) is 0 Å². The fourth-order valence-corrected chi connectivity index (χ4v) is 3.05. The summed E-state index contributed by atoms with van der Waals surface area (Å²) >= 11 is 0. The minimum Gasteiger partial charge on any atom is -0.344 e. The standard InChI is InChI=1S/C18H15N/c1-19-17-9-5-4-8-15(17)11-16-10-13-6-2-3-7-14(13)12-18(16)19/h2-10,12H,11H2,1H3. The lowest BCUT2D eigenvalue weighted by molar-refractivity contribution is 1.06. The normalized spacial score (nSPS) is 13.2. The molecule has 1 aliphatic rings. The third-order valence-electron chi connectivity index (χ3n) is 4.04. The van der Waals surface area contributed by atoms with Crippen LogP contribution < -0.4 is 4.90 Å². The van der Waals surface area contributed by atoms with E-state index >= 15 is 0 Å². The lowest BCUT2D eigenvalue weighted by Gasteiger charge is -2.30. The zero-order valence-electron chi connectivity index (χ0n) is 10.9. The Labute approximate surface area is 113 Å². The van der Waals surface area contributed by atoms with Gasteiger partial charge in [-0.1, -0.05) is 42.5 Å². The van der Waals surface area contributed by atoms with Gasteiger partial charge < -0.3 is 4.90 Å². The molecule has 92 valence electrons. The molecule has 0 radical (unpaired) electrons. The van der Waals surface area contributed by atoms with Crippen molar-refractivity contribution in [2.24, 2.45) is 0 Å². The smallest absolute Gasteiger partial charge is 0.0450 e. The summed E-state index contributed by atoms with van der Waals surface area (Å²) in [6, 6.07) is 21.9. The zero-order chi connectivity index (χ0) is 12.8. The van der Waals surface area contributed by atoms with Crippen molar-refractivity contribution in [1.29, 1.82) is 0 Å². The van der Waals surface area contributed by atoms with Crippen LogP contribution in [0.3, 0.4) is 0 Å². The first-order valence-corrected chi connectivity index (χ1v) is 6.66. The molecule has 0 spiro atoms. The monoisotopic (exact) mass is 245 g/mol. The van der Waals surface area contributed by atoms with Gasteiger partial charge in [0.2, 0.25) is 0 Å². The molecule has 3 aromatic rings. The van der Waals surface area contributed by atoms with Crippen LogP contribution in [0.5, 0.6) is 0 Å². The maximum atomic E-state index is 2.33. The van der Waals surface area contributed by atoms with Crippen LogP contribution in [0.1, 0.15) is 11.1 Å². The van der Waals surface area contributed by atoms with E-state index in [0.29, 0.717) is 0 Å². The molecule has 4 rings (SSSR count). The van der Waals surface area contributed by atoms with Crippen LogP contribution in [-0.4, -0.2) is 7.05 Å². The summed E-state index contributed by atoms with van der Waals surface area (Å²) in [5.74, 6) is 0. The van der Waals surface area contributed by atoms with E-state index in [0.717, 1.165) is 6.42 Å². The minimum absolute atomic E-state index is 1.03. The van der Waals surface area contributed by atoms with Crippen molar-refractivity contribution >= 4 is 22.1 Å². The van der Waals surface area contributed by atoms with Gasteiger partial charge in [0, 0.05) is 24.8 Å². The topological polar surface area (TPSA) is 3.24 Å². The Kier molecular flexibility index (Phi) is 2.16. The third-order valence-corrected chi connectivity index (χ3v) is 4.04. The van der Waals surface area contributed by atoms with Gasteiger partial charge in [0.1, 0.15) is 0 Å². The second-order valence-corrected chi connectivity index (χ2v) is 5.19. The number of hydrogen-bond acceptors (Lipinski definition) is 1. The lowest BCUT2D eigenvalue weighted by Crippen LogP contribution is -2.18. The number of hydrogen-bond donors (Lipinski definition) is 0. The Hall–Kier alpha value is -2.28. The Balaban J connectivity index is 1.98. The Morgan fingerprint density at radius 1 is 0.737 bits per heavy atom. The van der Waals surface area contributed by atoms with Gasteiger partial charge >= 0.3 is 0 Å². The van der Waals surface area contributed by atoms with Crippen molar-refractivity contribution in [2.75, 3.05) is 11.9 Å². The highest BCUT2D eigenvalue weighted by atomic mass is 15.1. The first kappa shape index (κ1) is 10.6. The van der Waals surface area contributed by atoms with E-state index < -0.39 is 0 Å². The molecule has 1 heteroatoms. The van der Waals surface area contributed by atoms with E-state index in [4.69, 9.17) is 0 Å². The molecule has 0 aliphatic carbocycles. The van der Waals surface area contributed by atoms with E-state index in [1.807, 2.05) is 0 Å². The predicted molar refractivity (Wildman–Crippen MR) is 81.3 cm³/mol. The highest BCUT2D eigenvalue weighted by Crippen LogP contribution is 2.39. The molecule has 1 nitrogen and oxygen atoms in total. The molecule has 0 atom stereocenters. The van der Waals surface area contributed by atoms with Crippen LogP contribution in [0.15, 0.2) is 60.7 Å². The molecule has 0 unspecified atom stereocenters. The molecule has 0 fully saturated rings. The average molecular weight is 245 g/mol. The third kappa shape index (κ3) is 1.55. The van der Waals surface area contributed by atoms with Gasteiger partial charge in [0.25, 0.3) is 0 Å². The van der Waals surface area contributed by atoms with E-state index in [1.54, 1.807) is 0 Å². The summed E-state index contributed by atoms with van der Waals surface area (Å²) < 4.78 is 0. The van der Waals surface area contributed by atoms with Gasteiger partial charge in [-0.2, -0.15) is 0 Å². The van der Waals surface area contributed by atoms with Crippen molar-refractivity contribution in [3.05, 3.63) is 71.8 Å². The van der Waals surface area contributed by atoms with Crippen molar-refractivity contribution in [1.82, 2.24) is 0 Å². The summed E-state index contributed by atoms with van der Waals surface area (Å²) in [5, 5.41) is 2.64. The SMILES string of the molecule is CN1c2ccccc2Cc2cc3ccccc3cc21. The van der Waals surface area contributed by atoms with Crippen molar-refractivity contribution in [3.63, 3.8) is 0 Å². The molecule has 0 saturated heterocycles. The average Bonchev–Trinajstić information content (AvgIpc) is 2.46. The molecule has 0 bridgehead atoms. The summed E-state index contributed by atoms with van der Waals surface area (Å²) in [5.41, 5.74) is 5.48. The maximum absolute atomic E-state index is 2.33. The molecule has 1 aliphatic heterocycles. The summed E-state index contributed by atoms with van der Waals surface area (Å²) in [7, 11) is 2.16. The van der Waals surface area contributed by atoms with Gasteiger partial charge in [0.15, 0.2) is 0 Å². The van der Waals surface area contributed by atoms with Gasteiger partial charge in [-0.15, -0.1) is 0 Å². The molecule has 1 heterocycles. The van der Waals surface area contributed by atoms with Crippen molar-refractivity contribution < 1.29 is 0 Å². The predicted octanol–water partition coefficient (Wildman–Crippen LogP) is 4.51. The zero-order valence-corrected chi connectivity index (χ0v) is 10.9. The number of rotatable bonds is 0. The van der Waals surface area contributed by atoms with Gasteiger partial charge in [-0.05, 0) is 40.1 Å². The molecule has 19 heavy (non-hydrogen) atoms. The highest BCUT2D eigenvalue weighted by molar-refractivity contribution is 5.90. The number of anilines is 2. The van der Waals surface area contributed by atoms with Crippen molar-refractivity contribution in [2.45, 2.75) is 6.42 Å². The molecule has 0 N–H and O–H groups in total. The number of nitrogens with zero attached hydrogens (tertiary/aromatic N) is 1. The van der Waals surface area contributed by atoms with Gasteiger partial charge in [0.05, 0.1) is 0 Å². The number of para-hydroxylation sites is 1. The van der Waals surface area contributed by atoms with Crippen LogP contribution in [-0.2, 0) is 6.42 Å². The number of benzene rings is 3. The lowest BCUT2D eigenvalue weighted by atomic mass is 9.93. The first-order chi connectivity index (χ1) is 9.33. The van der Waals surface area contributed by atoms with E-state index in [1.165, 1.54) is 33.3 Å².